The Balaban J connectivity index is 1.56. The first-order valence-electron chi connectivity index (χ1n) is 10.8. The first-order valence-corrected chi connectivity index (χ1v) is 10.8. The fourth-order valence-electron chi connectivity index (χ4n) is 4.31. The van der Waals surface area contributed by atoms with Crippen LogP contribution in [0.5, 0.6) is 0 Å². The van der Waals surface area contributed by atoms with Gasteiger partial charge in [0.25, 0.3) is 0 Å². The molecule has 0 saturated carbocycles. The third-order valence-electron chi connectivity index (χ3n) is 6.08. The minimum absolute atomic E-state index is 0.115. The van der Waals surface area contributed by atoms with Crippen molar-refractivity contribution < 1.29 is 9.90 Å². The van der Waals surface area contributed by atoms with Gasteiger partial charge in [0.15, 0.2) is 0 Å². The highest BCUT2D eigenvalue weighted by Crippen LogP contribution is 2.32. The summed E-state index contributed by atoms with van der Waals surface area (Å²) >= 11 is 0. The van der Waals surface area contributed by atoms with Gasteiger partial charge in [-0.3, -0.25) is 4.98 Å². The fourth-order valence-corrected chi connectivity index (χ4v) is 4.31. The van der Waals surface area contributed by atoms with Gasteiger partial charge in [0.2, 0.25) is 0 Å². The van der Waals surface area contributed by atoms with E-state index >= 15 is 0 Å². The van der Waals surface area contributed by atoms with Crippen molar-refractivity contribution in [2.24, 2.45) is 0 Å². The van der Waals surface area contributed by atoms with E-state index in [0.717, 1.165) is 13.0 Å². The molecule has 0 radical (unpaired) electrons. The van der Waals surface area contributed by atoms with Crippen molar-refractivity contribution in [3.8, 4) is 11.1 Å². The summed E-state index contributed by atoms with van der Waals surface area (Å²) in [6.07, 6.45) is 4.05. The van der Waals surface area contributed by atoms with Crippen LogP contribution in [-0.2, 0) is 6.42 Å². The predicted molar refractivity (Wildman–Crippen MR) is 125 cm³/mol. The van der Waals surface area contributed by atoms with Crippen molar-refractivity contribution >= 4 is 11.7 Å². The van der Waals surface area contributed by atoms with Crippen molar-refractivity contribution in [1.82, 2.24) is 10.3 Å². The summed E-state index contributed by atoms with van der Waals surface area (Å²) in [5, 5.41) is 16.2. The summed E-state index contributed by atoms with van der Waals surface area (Å²) in [6, 6.07) is 15.1. The molecule has 0 unspecified atom stereocenters. The molecule has 1 atom stereocenters. The second-order valence-electron chi connectivity index (χ2n) is 8.51. The molecule has 0 aliphatic carbocycles. The summed E-state index contributed by atoms with van der Waals surface area (Å²) in [5.74, 6) is -0.428. The van der Waals surface area contributed by atoms with Crippen LogP contribution in [0.15, 0.2) is 54.9 Å². The molecule has 0 fully saturated rings. The Kier molecular flexibility index (Phi) is 6.05. The number of carboxylic acid groups (broad SMARTS) is 1. The molecule has 0 saturated heterocycles. The van der Waals surface area contributed by atoms with E-state index in [-0.39, 0.29) is 11.6 Å². The van der Waals surface area contributed by atoms with E-state index in [4.69, 9.17) is 0 Å². The summed E-state index contributed by atoms with van der Waals surface area (Å²) in [6.45, 7) is 8.12. The maximum atomic E-state index is 11.4. The lowest BCUT2D eigenvalue weighted by molar-refractivity contribution is 0.0697. The molecular formula is C26H29N3O2. The van der Waals surface area contributed by atoms with Crippen LogP contribution in [0.25, 0.3) is 11.1 Å². The van der Waals surface area contributed by atoms with Crippen LogP contribution < -0.4 is 10.6 Å². The zero-order valence-electron chi connectivity index (χ0n) is 18.3. The summed E-state index contributed by atoms with van der Waals surface area (Å²) in [7, 11) is 0. The van der Waals surface area contributed by atoms with Gasteiger partial charge in [-0.15, -0.1) is 0 Å². The number of hydrogen-bond donors (Lipinski definition) is 3. The van der Waals surface area contributed by atoms with Gasteiger partial charge in [-0.25, -0.2) is 4.79 Å². The highest BCUT2D eigenvalue weighted by molar-refractivity contribution is 5.93. The number of aryl methyl sites for hydroxylation is 1. The van der Waals surface area contributed by atoms with Crippen LogP contribution in [0.3, 0.4) is 0 Å². The zero-order valence-corrected chi connectivity index (χ0v) is 18.3. The molecule has 1 aliphatic heterocycles. The first kappa shape index (κ1) is 21.1. The third kappa shape index (κ3) is 4.47. The van der Waals surface area contributed by atoms with Gasteiger partial charge >= 0.3 is 5.97 Å². The van der Waals surface area contributed by atoms with E-state index < -0.39 is 5.97 Å². The lowest BCUT2D eigenvalue weighted by Gasteiger charge is -2.28. The SMILES string of the molecule is Cc1cc(C(C)C)ccc1-c1ccc2c(c1)CCN[C@@H]2CNc1cnccc1C(=O)O. The molecule has 4 rings (SSSR count). The molecule has 2 aromatic carbocycles. The van der Waals surface area contributed by atoms with Gasteiger partial charge in [-0.2, -0.15) is 0 Å². The topological polar surface area (TPSA) is 74.2 Å². The quantitative estimate of drug-likeness (QED) is 0.517. The van der Waals surface area contributed by atoms with Crippen molar-refractivity contribution in [1.29, 1.82) is 0 Å². The Bertz CT molecular complexity index is 1110. The van der Waals surface area contributed by atoms with Crippen molar-refractivity contribution in [2.75, 3.05) is 18.4 Å². The van der Waals surface area contributed by atoms with E-state index in [1.807, 2.05) is 0 Å². The van der Waals surface area contributed by atoms with Crippen LogP contribution >= 0.6 is 0 Å². The maximum absolute atomic E-state index is 11.4. The maximum Gasteiger partial charge on any atom is 0.337 e. The minimum atomic E-state index is -0.953. The average molecular weight is 416 g/mol. The number of rotatable bonds is 6. The summed E-state index contributed by atoms with van der Waals surface area (Å²) < 4.78 is 0. The average Bonchev–Trinajstić information content (AvgIpc) is 2.77. The molecule has 3 N–H and O–H groups in total. The Hall–Kier alpha value is -3.18. The van der Waals surface area contributed by atoms with Gasteiger partial charge in [-0.05, 0) is 65.3 Å². The number of nitrogens with one attached hydrogen (secondary N) is 2. The Morgan fingerprint density at radius 3 is 2.81 bits per heavy atom. The molecule has 5 heteroatoms. The highest BCUT2D eigenvalue weighted by Gasteiger charge is 2.21. The molecule has 1 aromatic heterocycles. The van der Waals surface area contributed by atoms with Crippen LogP contribution in [0, 0.1) is 6.92 Å². The molecule has 0 amide bonds. The van der Waals surface area contributed by atoms with E-state index in [0.29, 0.717) is 18.2 Å². The minimum Gasteiger partial charge on any atom is -0.478 e. The lowest BCUT2D eigenvalue weighted by Crippen LogP contribution is -2.34. The Labute approximate surface area is 183 Å². The van der Waals surface area contributed by atoms with Crippen molar-refractivity contribution in [2.45, 2.75) is 39.2 Å². The molecular weight excluding hydrogens is 386 g/mol. The van der Waals surface area contributed by atoms with E-state index in [1.54, 1.807) is 6.20 Å². The number of carboxylic acids is 1. The first-order chi connectivity index (χ1) is 14.9. The van der Waals surface area contributed by atoms with E-state index in [9.17, 15) is 9.90 Å². The number of fused-ring (bicyclic) bond motifs is 1. The summed E-state index contributed by atoms with van der Waals surface area (Å²) in [5.41, 5.74) is 8.59. The van der Waals surface area contributed by atoms with Crippen LogP contribution in [-0.4, -0.2) is 29.1 Å². The Morgan fingerprint density at radius 1 is 1.23 bits per heavy atom. The normalized spacial score (nSPS) is 15.5. The number of pyridine rings is 1. The largest absolute Gasteiger partial charge is 0.478 e. The molecule has 0 spiro atoms. The Morgan fingerprint density at radius 2 is 2.06 bits per heavy atom. The van der Waals surface area contributed by atoms with Crippen LogP contribution in [0.4, 0.5) is 5.69 Å². The molecule has 31 heavy (non-hydrogen) atoms. The fraction of sp³-hybridized carbons (Fsp3) is 0.308. The zero-order chi connectivity index (χ0) is 22.0. The number of anilines is 1. The molecule has 3 aromatic rings. The summed E-state index contributed by atoms with van der Waals surface area (Å²) in [4.78, 5) is 15.5. The number of aromatic nitrogens is 1. The van der Waals surface area contributed by atoms with Crippen LogP contribution in [0.2, 0.25) is 0 Å². The molecule has 160 valence electrons. The highest BCUT2D eigenvalue weighted by atomic mass is 16.4. The lowest BCUT2D eigenvalue weighted by atomic mass is 9.89. The number of nitrogens with zero attached hydrogens (tertiary/aromatic N) is 1. The second kappa shape index (κ2) is 8.90. The van der Waals surface area contributed by atoms with E-state index in [2.05, 4.69) is 72.8 Å². The molecule has 0 bridgehead atoms. The number of aromatic carboxylic acids is 1. The molecule has 5 nitrogen and oxygen atoms in total. The van der Waals surface area contributed by atoms with Gasteiger partial charge in [-0.1, -0.05) is 50.2 Å². The van der Waals surface area contributed by atoms with Crippen molar-refractivity contribution in [3.05, 3.63) is 82.7 Å². The van der Waals surface area contributed by atoms with Crippen LogP contribution in [0.1, 0.15) is 58.4 Å². The smallest absolute Gasteiger partial charge is 0.337 e. The molecule has 1 aliphatic rings. The van der Waals surface area contributed by atoms with E-state index in [1.165, 1.54) is 45.6 Å². The standard InChI is InChI=1S/C26H29N3O2/c1-16(2)18-4-6-21(17(3)12-18)19-5-7-22-20(13-19)8-11-28-25(22)15-29-24-14-27-10-9-23(24)26(30)31/h4-7,9-10,12-14,16,25,28-29H,8,11,15H2,1-3H3,(H,30,31)/t25-/m1/s1. The van der Waals surface area contributed by atoms with Gasteiger partial charge < -0.3 is 15.7 Å². The second-order valence-corrected chi connectivity index (χ2v) is 8.51. The number of benzene rings is 2. The number of hydrogen-bond acceptors (Lipinski definition) is 4. The van der Waals surface area contributed by atoms with Gasteiger partial charge in [0.1, 0.15) is 0 Å². The van der Waals surface area contributed by atoms with Gasteiger partial charge in [0, 0.05) is 18.8 Å². The van der Waals surface area contributed by atoms with Gasteiger partial charge in [0.05, 0.1) is 17.4 Å². The number of carbonyl (C=O) groups is 1. The predicted octanol–water partition coefficient (Wildman–Crippen LogP) is 5.18. The monoisotopic (exact) mass is 415 g/mol. The van der Waals surface area contributed by atoms with Crippen molar-refractivity contribution in [3.63, 3.8) is 0 Å². The molecule has 2 heterocycles. The third-order valence-corrected chi connectivity index (χ3v) is 6.08.